The first-order chi connectivity index (χ1) is 12.1. The zero-order chi connectivity index (χ0) is 17.3. The minimum atomic E-state index is -0.860. The molecule has 1 aliphatic carbocycles. The van der Waals surface area contributed by atoms with Crippen LogP contribution in [0.25, 0.3) is 0 Å². The summed E-state index contributed by atoms with van der Waals surface area (Å²) in [5.41, 5.74) is -0.0795. The first kappa shape index (κ1) is 16.4. The van der Waals surface area contributed by atoms with Crippen LogP contribution in [-0.4, -0.2) is 55.9 Å². The van der Waals surface area contributed by atoms with E-state index in [0.29, 0.717) is 37.2 Å². The quantitative estimate of drug-likeness (QED) is 0.837. The van der Waals surface area contributed by atoms with Crippen LogP contribution in [0.3, 0.4) is 0 Å². The molecule has 8 nitrogen and oxygen atoms in total. The largest absolute Gasteiger partial charge is 0.480 e. The van der Waals surface area contributed by atoms with Gasteiger partial charge >= 0.3 is 0 Å². The summed E-state index contributed by atoms with van der Waals surface area (Å²) in [5, 5.41) is 15.1. The highest BCUT2D eigenvalue weighted by Gasteiger charge is 2.36. The molecule has 3 heterocycles. The highest BCUT2D eigenvalue weighted by molar-refractivity contribution is 5.17. The van der Waals surface area contributed by atoms with E-state index < -0.39 is 5.60 Å². The van der Waals surface area contributed by atoms with E-state index in [1.165, 1.54) is 0 Å². The smallest absolute Gasteiger partial charge is 0.236 e. The predicted molar refractivity (Wildman–Crippen MR) is 88.0 cm³/mol. The molecule has 1 atom stereocenters. The molecule has 0 bridgehead atoms. The molecule has 2 aliphatic rings. The molecule has 1 N–H and O–H groups in total. The Hall–Kier alpha value is -2.06. The molecule has 0 radical (unpaired) electrons. The molecule has 0 spiro atoms. The van der Waals surface area contributed by atoms with E-state index in [1.54, 1.807) is 19.5 Å². The molecule has 2 aromatic rings. The van der Waals surface area contributed by atoms with Crippen LogP contribution in [0.2, 0.25) is 0 Å². The number of rotatable bonds is 6. The number of aromatic nitrogens is 4. The van der Waals surface area contributed by atoms with Gasteiger partial charge in [0.05, 0.1) is 19.1 Å². The first-order valence-corrected chi connectivity index (χ1v) is 8.76. The summed E-state index contributed by atoms with van der Waals surface area (Å²) in [6.45, 7) is 2.03. The molecule has 0 aromatic carbocycles. The van der Waals surface area contributed by atoms with Crippen molar-refractivity contribution in [2.75, 3.05) is 20.2 Å². The minimum absolute atomic E-state index is 0.390. The maximum absolute atomic E-state index is 11.0. The number of hydrogen-bond donors (Lipinski definition) is 1. The summed E-state index contributed by atoms with van der Waals surface area (Å²) < 4.78 is 10.6. The van der Waals surface area contributed by atoms with E-state index >= 15 is 0 Å². The second kappa shape index (κ2) is 6.68. The second-order valence-electron chi connectivity index (χ2n) is 7.05. The van der Waals surface area contributed by atoms with Gasteiger partial charge in [0.2, 0.25) is 11.8 Å². The van der Waals surface area contributed by atoms with Crippen LogP contribution in [0.15, 0.2) is 16.9 Å². The van der Waals surface area contributed by atoms with Crippen molar-refractivity contribution in [3.05, 3.63) is 29.8 Å². The Bertz CT molecular complexity index is 733. The normalized spacial score (nSPS) is 24.4. The number of piperidine rings is 1. The number of aliphatic hydroxyl groups is 1. The van der Waals surface area contributed by atoms with Gasteiger partial charge in [0, 0.05) is 31.4 Å². The number of hydrogen-bond acceptors (Lipinski definition) is 8. The topological polar surface area (TPSA) is 97.4 Å². The molecule has 1 saturated carbocycles. The summed E-state index contributed by atoms with van der Waals surface area (Å²) in [5.74, 6) is 2.31. The van der Waals surface area contributed by atoms with Gasteiger partial charge in [0.25, 0.3) is 0 Å². The monoisotopic (exact) mass is 345 g/mol. The third-order valence-electron chi connectivity index (χ3n) is 4.84. The third-order valence-corrected chi connectivity index (χ3v) is 4.84. The number of likely N-dealkylation sites (tertiary alicyclic amines) is 1. The van der Waals surface area contributed by atoms with Crippen molar-refractivity contribution in [2.24, 2.45) is 0 Å². The van der Waals surface area contributed by atoms with Gasteiger partial charge in [-0.25, -0.2) is 4.98 Å². The lowest BCUT2D eigenvalue weighted by molar-refractivity contribution is -0.0378. The lowest BCUT2D eigenvalue weighted by Gasteiger charge is -2.38. The van der Waals surface area contributed by atoms with Crippen molar-refractivity contribution in [3.8, 4) is 5.88 Å². The Morgan fingerprint density at radius 1 is 1.36 bits per heavy atom. The van der Waals surface area contributed by atoms with Crippen molar-refractivity contribution >= 4 is 0 Å². The van der Waals surface area contributed by atoms with Gasteiger partial charge in [-0.1, -0.05) is 5.16 Å². The summed E-state index contributed by atoms with van der Waals surface area (Å²) in [6, 6.07) is 0. The zero-order valence-corrected chi connectivity index (χ0v) is 14.4. The minimum Gasteiger partial charge on any atom is -0.480 e. The van der Waals surface area contributed by atoms with Crippen molar-refractivity contribution in [3.63, 3.8) is 0 Å². The number of methoxy groups -OCH3 is 1. The molecule has 2 aromatic heterocycles. The standard InChI is InChI=1S/C17H23N5O3/c1-24-16-13(18-6-7-19-16)10-22-8-2-5-17(23,11-22)9-14-20-15(21-25-14)12-3-4-12/h6-7,12,23H,2-5,8-11H2,1H3. The van der Waals surface area contributed by atoms with Gasteiger partial charge < -0.3 is 14.4 Å². The van der Waals surface area contributed by atoms with Crippen molar-refractivity contribution in [1.82, 2.24) is 25.0 Å². The summed E-state index contributed by atoms with van der Waals surface area (Å²) in [6.07, 6.45) is 7.56. The SMILES string of the molecule is COc1nccnc1CN1CCCC(O)(Cc2nc(C3CC3)no2)C1. The van der Waals surface area contributed by atoms with Crippen LogP contribution in [0, 0.1) is 0 Å². The summed E-state index contributed by atoms with van der Waals surface area (Å²) in [4.78, 5) is 15.2. The highest BCUT2D eigenvalue weighted by atomic mass is 16.5. The van der Waals surface area contributed by atoms with Gasteiger partial charge in [-0.15, -0.1) is 0 Å². The maximum Gasteiger partial charge on any atom is 0.236 e. The zero-order valence-electron chi connectivity index (χ0n) is 14.4. The molecular formula is C17H23N5O3. The average molecular weight is 345 g/mol. The van der Waals surface area contributed by atoms with E-state index in [1.807, 2.05) is 0 Å². The van der Waals surface area contributed by atoms with E-state index in [2.05, 4.69) is 25.0 Å². The molecule has 2 fully saturated rings. The van der Waals surface area contributed by atoms with Crippen LogP contribution in [-0.2, 0) is 13.0 Å². The van der Waals surface area contributed by atoms with Crippen molar-refractivity contribution in [2.45, 2.75) is 50.2 Å². The average Bonchev–Trinajstić information content (AvgIpc) is 3.35. The second-order valence-corrected chi connectivity index (χ2v) is 7.05. The van der Waals surface area contributed by atoms with Crippen molar-refractivity contribution < 1.29 is 14.4 Å². The summed E-state index contributed by atoms with van der Waals surface area (Å²) in [7, 11) is 1.59. The fraction of sp³-hybridized carbons (Fsp3) is 0.647. The maximum atomic E-state index is 11.0. The Labute approximate surface area is 146 Å². The molecule has 1 unspecified atom stereocenters. The van der Waals surface area contributed by atoms with Gasteiger partial charge in [-0.05, 0) is 32.2 Å². The van der Waals surface area contributed by atoms with Gasteiger partial charge in [0.1, 0.15) is 5.69 Å². The van der Waals surface area contributed by atoms with Gasteiger partial charge in [-0.2, -0.15) is 4.98 Å². The first-order valence-electron chi connectivity index (χ1n) is 8.76. The van der Waals surface area contributed by atoms with Crippen LogP contribution in [0.5, 0.6) is 5.88 Å². The number of nitrogens with zero attached hydrogens (tertiary/aromatic N) is 5. The predicted octanol–water partition coefficient (Wildman–Crippen LogP) is 1.32. The third kappa shape index (κ3) is 3.80. The fourth-order valence-corrected chi connectivity index (χ4v) is 3.46. The summed E-state index contributed by atoms with van der Waals surface area (Å²) >= 11 is 0. The molecule has 4 rings (SSSR count). The lowest BCUT2D eigenvalue weighted by atomic mass is 9.89. The molecule has 8 heteroatoms. The van der Waals surface area contributed by atoms with E-state index in [0.717, 1.165) is 43.7 Å². The Balaban J connectivity index is 1.42. The Morgan fingerprint density at radius 3 is 3.00 bits per heavy atom. The van der Waals surface area contributed by atoms with Crippen LogP contribution < -0.4 is 4.74 Å². The lowest BCUT2D eigenvalue weighted by Crippen LogP contribution is -2.49. The fourth-order valence-electron chi connectivity index (χ4n) is 3.46. The van der Waals surface area contributed by atoms with E-state index in [-0.39, 0.29) is 0 Å². The molecule has 1 aliphatic heterocycles. The van der Waals surface area contributed by atoms with Gasteiger partial charge in [-0.3, -0.25) is 9.88 Å². The molecule has 134 valence electrons. The van der Waals surface area contributed by atoms with Crippen molar-refractivity contribution in [1.29, 1.82) is 0 Å². The van der Waals surface area contributed by atoms with Crippen LogP contribution >= 0.6 is 0 Å². The van der Waals surface area contributed by atoms with Crippen LogP contribution in [0.1, 0.15) is 49.0 Å². The Morgan fingerprint density at radius 2 is 2.20 bits per heavy atom. The van der Waals surface area contributed by atoms with Crippen LogP contribution in [0.4, 0.5) is 0 Å². The molecule has 0 amide bonds. The van der Waals surface area contributed by atoms with Gasteiger partial charge in [0.15, 0.2) is 5.82 Å². The number of ether oxygens (including phenoxy) is 1. The molecular weight excluding hydrogens is 322 g/mol. The van der Waals surface area contributed by atoms with E-state index in [4.69, 9.17) is 9.26 Å². The highest BCUT2D eigenvalue weighted by Crippen LogP contribution is 2.38. The van der Waals surface area contributed by atoms with E-state index in [9.17, 15) is 5.11 Å². The Kier molecular flexibility index (Phi) is 4.39. The molecule has 25 heavy (non-hydrogen) atoms. The molecule has 1 saturated heterocycles. The number of β-amino-alcohol motifs (C(OH)–C–C–N with tert-alkyl or cyclic N) is 1.